The molecule has 2 fully saturated rings. The second kappa shape index (κ2) is 28.7. The first-order valence-electron chi connectivity index (χ1n) is 24.4. The summed E-state index contributed by atoms with van der Waals surface area (Å²) < 4.78 is 66.4. The van der Waals surface area contributed by atoms with E-state index in [1.807, 2.05) is 0 Å². The molecule has 2 saturated heterocycles. The monoisotopic (exact) mass is 1010 g/mol. The molecule has 2 unspecified atom stereocenters. The van der Waals surface area contributed by atoms with Crippen molar-refractivity contribution < 1.29 is 35.9 Å². The minimum atomic E-state index is -3.52. The maximum Gasteiger partial charge on any atom is 0.252 e. The Morgan fingerprint density at radius 1 is 0.574 bits per heavy atom. The molecule has 68 heavy (non-hydrogen) atoms. The number of nitrogens with one attached hydrogen (secondary N) is 4. The first kappa shape index (κ1) is 55.1. The molecule has 0 radical (unpaired) electrons. The van der Waals surface area contributed by atoms with Crippen molar-refractivity contribution in [2.75, 3.05) is 53.5 Å². The molecule has 2 amide bonds. The number of sulfonamides is 2. The molecule has 2 atom stereocenters. The van der Waals surface area contributed by atoms with Crippen molar-refractivity contribution in [3.63, 3.8) is 0 Å². The van der Waals surface area contributed by atoms with E-state index in [-0.39, 0.29) is 37.0 Å². The van der Waals surface area contributed by atoms with Gasteiger partial charge in [0, 0.05) is 59.1 Å². The highest BCUT2D eigenvalue weighted by molar-refractivity contribution is 7.91. The molecule has 0 saturated carbocycles. The highest BCUT2D eigenvalue weighted by Crippen LogP contribution is 2.29. The SMILES string of the molecule is CCCCCCCCCCCCNC1CCN(S(=O)(=O)c2ccc(CNC(=O)c3cccc(OC)c3)s2)C1.CCCCNC1CCN(S(=O)(=O)c2ccc(CNC(=O)c3cccc(OC)c3)s2)C1. The number of benzene rings is 2. The Morgan fingerprint density at radius 2 is 0.985 bits per heavy atom. The van der Waals surface area contributed by atoms with Gasteiger partial charge in [0.05, 0.1) is 27.3 Å². The molecule has 2 aliphatic heterocycles. The largest absolute Gasteiger partial charge is 0.497 e. The van der Waals surface area contributed by atoms with Gasteiger partial charge >= 0.3 is 0 Å². The number of amides is 2. The summed E-state index contributed by atoms with van der Waals surface area (Å²) in [5.41, 5.74) is 1.000. The third kappa shape index (κ3) is 17.2. The Labute approximate surface area is 414 Å². The number of nitrogens with zero attached hydrogens (tertiary/aromatic N) is 2. The molecule has 0 bridgehead atoms. The van der Waals surface area contributed by atoms with E-state index < -0.39 is 20.0 Å². The fourth-order valence-corrected chi connectivity index (χ4v) is 14.0. The molecule has 2 aromatic carbocycles. The summed E-state index contributed by atoms with van der Waals surface area (Å²) in [5, 5.41) is 12.7. The zero-order valence-corrected chi connectivity index (χ0v) is 43.7. The first-order valence-corrected chi connectivity index (χ1v) is 28.9. The molecule has 4 aromatic rings. The second-order valence-electron chi connectivity index (χ2n) is 17.4. The molecular formula is C50H74N6O8S4. The number of hydrogen-bond acceptors (Lipinski definition) is 12. The Hall–Kier alpha value is -3.88. The minimum absolute atomic E-state index is 0.213. The number of methoxy groups -OCH3 is 2. The van der Waals surface area contributed by atoms with E-state index in [0.717, 1.165) is 54.9 Å². The lowest BCUT2D eigenvalue weighted by molar-refractivity contribution is 0.0943. The summed E-state index contributed by atoms with van der Waals surface area (Å²) in [6, 6.07) is 21.1. The molecule has 2 aromatic heterocycles. The van der Waals surface area contributed by atoms with Crippen LogP contribution in [0.15, 0.2) is 81.2 Å². The Bertz CT molecular complexity index is 2370. The number of rotatable bonds is 28. The van der Waals surface area contributed by atoms with E-state index in [2.05, 4.69) is 35.1 Å². The van der Waals surface area contributed by atoms with Crippen LogP contribution in [0.1, 0.15) is 134 Å². The highest BCUT2D eigenvalue weighted by Gasteiger charge is 2.34. The summed E-state index contributed by atoms with van der Waals surface area (Å²) in [6.45, 7) is 8.91. The van der Waals surface area contributed by atoms with Gasteiger partial charge in [-0.25, -0.2) is 16.8 Å². The molecule has 4 N–H and O–H groups in total. The van der Waals surface area contributed by atoms with Crippen molar-refractivity contribution in [1.82, 2.24) is 29.9 Å². The topological polar surface area (TPSA) is 175 Å². The highest BCUT2D eigenvalue weighted by atomic mass is 32.3. The Morgan fingerprint density at radius 3 is 1.41 bits per heavy atom. The number of carbonyl (C=O) groups excluding carboxylic acids is 2. The molecule has 0 spiro atoms. The van der Waals surface area contributed by atoms with E-state index >= 15 is 0 Å². The lowest BCUT2D eigenvalue weighted by Crippen LogP contribution is -2.35. The average molecular weight is 1020 g/mol. The van der Waals surface area contributed by atoms with E-state index in [0.29, 0.717) is 57.2 Å². The fraction of sp³-hybridized carbons (Fsp3) is 0.560. The van der Waals surface area contributed by atoms with Gasteiger partial charge < -0.3 is 30.7 Å². The van der Waals surface area contributed by atoms with Gasteiger partial charge in [0.1, 0.15) is 19.9 Å². The standard InChI is InChI=1S/C29H45N3O4S2.C21H29N3O4S2/c1-3-4-5-6-7-8-9-10-11-12-19-30-25-18-20-32(23-25)38(34,35)28-17-16-27(37-28)22-31-29(33)24-14-13-15-26(21-24)36-2;1-3-4-11-22-17-10-12-24(15-17)30(26,27)20-9-8-19(29-20)14-23-21(25)16-6-5-7-18(13-16)28-2/h13-17,21,25,30H,3-12,18-20,22-23H2,1-2H3,(H,31,33);5-9,13,17,22H,3-4,10-12,14-15H2,1-2H3,(H,23,25). The molecule has 14 nitrogen and oxygen atoms in total. The summed E-state index contributed by atoms with van der Waals surface area (Å²) in [4.78, 5) is 26.4. The van der Waals surface area contributed by atoms with Gasteiger partial charge in [0.2, 0.25) is 0 Å². The van der Waals surface area contributed by atoms with Crippen molar-refractivity contribution in [2.24, 2.45) is 0 Å². The molecule has 6 rings (SSSR count). The van der Waals surface area contributed by atoms with Gasteiger partial charge in [-0.1, -0.05) is 90.2 Å². The second-order valence-corrected chi connectivity index (χ2v) is 24.1. The van der Waals surface area contributed by atoms with Crippen LogP contribution in [0, 0.1) is 0 Å². The molecule has 2 aliphatic rings. The van der Waals surface area contributed by atoms with E-state index in [1.165, 1.54) is 80.5 Å². The van der Waals surface area contributed by atoms with Crippen molar-refractivity contribution in [1.29, 1.82) is 0 Å². The van der Waals surface area contributed by atoms with Crippen LogP contribution in [-0.2, 0) is 33.1 Å². The Kier molecular flexibility index (Phi) is 23.2. The number of carbonyl (C=O) groups is 2. The van der Waals surface area contributed by atoms with Crippen LogP contribution in [0.4, 0.5) is 0 Å². The zero-order chi connectivity index (χ0) is 48.8. The van der Waals surface area contributed by atoms with E-state index in [1.54, 1.807) is 95.6 Å². The van der Waals surface area contributed by atoms with Crippen LogP contribution in [0.2, 0.25) is 0 Å². The number of ether oxygens (including phenoxy) is 2. The normalized spacial score (nSPS) is 16.6. The Balaban J connectivity index is 0.000000261. The smallest absolute Gasteiger partial charge is 0.252 e. The molecule has 376 valence electrons. The van der Waals surface area contributed by atoms with E-state index in [9.17, 15) is 26.4 Å². The molecule has 18 heteroatoms. The van der Waals surface area contributed by atoms with Crippen molar-refractivity contribution in [2.45, 2.75) is 137 Å². The van der Waals surface area contributed by atoms with Gasteiger partial charge in [-0.15, -0.1) is 22.7 Å². The number of hydrogen-bond donors (Lipinski definition) is 4. The van der Waals surface area contributed by atoms with Crippen LogP contribution in [0.5, 0.6) is 11.5 Å². The fourth-order valence-electron chi connectivity index (χ4n) is 8.13. The third-order valence-corrected chi connectivity index (χ3v) is 19.0. The lowest BCUT2D eigenvalue weighted by atomic mass is 10.1. The molecule has 4 heterocycles. The zero-order valence-electron chi connectivity index (χ0n) is 40.4. The minimum Gasteiger partial charge on any atom is -0.497 e. The van der Waals surface area contributed by atoms with Gasteiger partial charge in [-0.05, 0) is 99.4 Å². The van der Waals surface area contributed by atoms with Gasteiger partial charge in [0.15, 0.2) is 0 Å². The number of unbranched alkanes of at least 4 members (excludes halogenated alkanes) is 10. The summed E-state index contributed by atoms with van der Waals surface area (Å²) in [6.07, 6.45) is 17.0. The van der Waals surface area contributed by atoms with Crippen molar-refractivity contribution in [3.05, 3.63) is 93.7 Å². The predicted molar refractivity (Wildman–Crippen MR) is 274 cm³/mol. The van der Waals surface area contributed by atoms with Crippen molar-refractivity contribution >= 4 is 54.5 Å². The predicted octanol–water partition coefficient (Wildman–Crippen LogP) is 8.80. The number of thiophene rings is 2. The van der Waals surface area contributed by atoms with Crippen molar-refractivity contribution in [3.8, 4) is 11.5 Å². The van der Waals surface area contributed by atoms with Crippen LogP contribution in [0.25, 0.3) is 0 Å². The van der Waals surface area contributed by atoms with Gasteiger partial charge in [-0.2, -0.15) is 8.61 Å². The van der Waals surface area contributed by atoms with Gasteiger partial charge in [-0.3, -0.25) is 9.59 Å². The summed E-state index contributed by atoms with van der Waals surface area (Å²) in [7, 11) is -3.91. The van der Waals surface area contributed by atoms with Gasteiger partial charge in [0.25, 0.3) is 31.9 Å². The van der Waals surface area contributed by atoms with Crippen LogP contribution >= 0.6 is 22.7 Å². The molecular weight excluding hydrogens is 941 g/mol. The van der Waals surface area contributed by atoms with Crippen LogP contribution in [-0.4, -0.2) is 103 Å². The maximum absolute atomic E-state index is 13.2. The maximum atomic E-state index is 13.2. The first-order chi connectivity index (χ1) is 32.9. The molecule has 0 aliphatic carbocycles. The third-order valence-electron chi connectivity index (χ3n) is 12.2. The summed E-state index contributed by atoms with van der Waals surface area (Å²) >= 11 is 2.42. The van der Waals surface area contributed by atoms with Crippen LogP contribution < -0.4 is 30.7 Å². The quantitative estimate of drug-likeness (QED) is 0.0403. The van der Waals surface area contributed by atoms with E-state index in [4.69, 9.17) is 9.47 Å². The summed E-state index contributed by atoms with van der Waals surface area (Å²) in [5.74, 6) is 0.772. The van der Waals surface area contributed by atoms with Crippen LogP contribution in [0.3, 0.4) is 0 Å². The average Bonchev–Trinajstić information content (AvgIpc) is 4.21. The lowest BCUT2D eigenvalue weighted by Gasteiger charge is -2.16.